The van der Waals surface area contributed by atoms with Crippen LogP contribution in [0.5, 0.6) is 0 Å². The lowest BCUT2D eigenvalue weighted by Crippen LogP contribution is -2.58. The van der Waals surface area contributed by atoms with Crippen LogP contribution < -0.4 is 19.6 Å². The summed E-state index contributed by atoms with van der Waals surface area (Å²) in [6, 6.07) is 34.6. The van der Waals surface area contributed by atoms with E-state index in [0.717, 1.165) is 126 Å². The van der Waals surface area contributed by atoms with E-state index in [1.807, 2.05) is 27.7 Å². The van der Waals surface area contributed by atoms with Crippen molar-refractivity contribution in [3.05, 3.63) is 187 Å². The molecule has 0 bridgehead atoms. The molecular weight excluding hydrogens is 1960 g/mol. The maximum absolute atomic E-state index is 12.5. The Morgan fingerprint density at radius 3 is 1.01 bits per heavy atom. The third-order valence-corrected chi connectivity index (χ3v) is 33.1. The highest BCUT2D eigenvalue weighted by Gasteiger charge is 2.61. The van der Waals surface area contributed by atoms with Crippen molar-refractivity contribution in [3.8, 4) is 0 Å². The quantitative estimate of drug-likeness (QED) is 0.0261. The molecule has 14 aliphatic rings. The molecule has 10 aliphatic heterocycles. The number of aliphatic hydroxyl groups is 6. The lowest BCUT2D eigenvalue weighted by molar-refractivity contribution is -0.202. The van der Waals surface area contributed by atoms with Crippen LogP contribution in [0.25, 0.3) is 44.1 Å². The van der Waals surface area contributed by atoms with Crippen molar-refractivity contribution in [3.63, 3.8) is 0 Å². The van der Waals surface area contributed by atoms with Gasteiger partial charge in [-0.1, -0.05) is 97.1 Å². The van der Waals surface area contributed by atoms with Gasteiger partial charge in [0.15, 0.2) is 59.1 Å². The maximum Gasteiger partial charge on any atom is 0.350 e. The van der Waals surface area contributed by atoms with E-state index in [2.05, 4.69) is 172 Å². The number of anilines is 4. The largest absolute Gasteiger partial charge is 0.394 e. The van der Waals surface area contributed by atoms with E-state index in [1.54, 1.807) is 47.7 Å². The number of ether oxygens (including phenoxy) is 10. The van der Waals surface area contributed by atoms with Crippen LogP contribution in [0.1, 0.15) is 130 Å². The topological polar surface area (TPSA) is 485 Å². The number of hydrogen-bond acceptors (Lipinski definition) is 35. The van der Waals surface area contributed by atoms with Gasteiger partial charge in [0, 0.05) is 80.7 Å². The smallest absolute Gasteiger partial charge is 0.350 e. The summed E-state index contributed by atoms with van der Waals surface area (Å²) in [6.45, 7) is 17.2. The summed E-state index contributed by atoms with van der Waals surface area (Å²) in [6.07, 6.45) is 1.68. The van der Waals surface area contributed by atoms with Gasteiger partial charge in [-0.15, -0.1) is 0 Å². The van der Waals surface area contributed by atoms with Crippen LogP contribution in [0.15, 0.2) is 122 Å². The average molecular weight is 2070 g/mol. The van der Waals surface area contributed by atoms with Crippen LogP contribution >= 0.6 is 61.4 Å². The number of aliphatic hydroxyl groups excluding tert-OH is 6. The van der Waals surface area contributed by atoms with Crippen molar-refractivity contribution in [1.82, 2.24) is 79.0 Å². The molecule has 0 saturated carbocycles. The van der Waals surface area contributed by atoms with Gasteiger partial charge in [0.05, 0.1) is 79.4 Å². The molecule has 47 heteroatoms. The molecule has 17 atom stereocenters. The van der Waals surface area contributed by atoms with Gasteiger partial charge in [-0.2, -0.15) is 60.3 Å². The van der Waals surface area contributed by atoms with Gasteiger partial charge < -0.3 is 112 Å². The number of halogens is 4. The van der Waals surface area contributed by atoms with Crippen molar-refractivity contribution < 1.29 is 101 Å². The molecule has 0 radical (unpaired) electrons. The molecule has 752 valence electrons. The molecule has 12 aromatic rings. The van der Waals surface area contributed by atoms with Crippen LogP contribution in [0.3, 0.4) is 0 Å². The van der Waals surface area contributed by atoms with E-state index >= 15 is 0 Å². The van der Waals surface area contributed by atoms with E-state index in [4.69, 9.17) is 113 Å². The first kappa shape index (κ1) is 96.6. The van der Waals surface area contributed by atoms with Crippen molar-refractivity contribution in [1.29, 1.82) is 0 Å². The standard InChI is InChI=1S/C28H35ClN5O6P.C24H26ClN5O4.C22H25ClN5O7P.C21H22ClN5O4/c1-5-37-41(4,35)16-36-13-20-21-22(40-27(2,3)39-21)25(38-20)34-24-18(12-30-34)23(31-26(29)32-24)33-14-28(15-33)11-10-17-8-6-7-9-19(17)28;1-23(2)33-17-16(10-31)32-21(18(17)34-23)30-20-14(9-26-30)19(27-22(25)28-20)29-11-24(12-29)8-7-13-5-3-4-6-15(13)24;23-21-25-18(27-9-22(10-27)6-5-12-3-1-2-4-14(12)22)13-7-24-28(19(13)26-21)20-17(30)16(29)15(35-20)8-34-11-36(31,32)33;22-20-24-17(26-9-21(10-26)6-5-11-3-1-2-4-13(11)21)12-7-23-27(18(12)25-20)19-16(30)15(29)14(8-28)31-19/h6-9,12,20-22,25H,5,10-11,13-16H2,1-4H3;3-6,9,16-18,21,31H,7-8,10-12H2,1-2H3;1-4,7,15-17,20,29-30H,5-6,8-11H2,(H2,31,32,33);1-4,7,14-16,19,28-30H,5-6,8-10H2/t20-,21-,22-,25-,41?;16-,17-,18-,21-;15-,16-,17-,20-;14-,15-,16-,19-/m1111/s1. The number of hydrogen-bond donors (Lipinski definition) is 8. The van der Waals surface area contributed by atoms with Gasteiger partial charge in [-0.3, -0.25) is 9.13 Å². The summed E-state index contributed by atoms with van der Waals surface area (Å²) < 4.78 is 94.3. The third-order valence-electron chi connectivity index (χ3n) is 30.4. The average Bonchev–Trinajstić information content (AvgIpc) is 1.60. The summed E-state index contributed by atoms with van der Waals surface area (Å²) in [5.41, 5.74) is 13.9. The van der Waals surface area contributed by atoms with Crippen molar-refractivity contribution in [2.24, 2.45) is 0 Å². The van der Waals surface area contributed by atoms with Gasteiger partial charge >= 0.3 is 7.60 Å². The summed E-state index contributed by atoms with van der Waals surface area (Å²) in [5, 5.41) is 82.1. The van der Waals surface area contributed by atoms with Gasteiger partial charge in [0.25, 0.3) is 0 Å². The predicted molar refractivity (Wildman–Crippen MR) is 516 cm³/mol. The maximum atomic E-state index is 12.5. The number of fused-ring (bicyclic) bond motifs is 14. The monoisotopic (exact) mass is 2070 g/mol. The molecule has 26 rings (SSSR count). The fourth-order valence-electron chi connectivity index (χ4n) is 24.0. The Kier molecular flexibility index (Phi) is 24.9. The van der Waals surface area contributed by atoms with Crippen LogP contribution in [-0.2, 0) is 108 Å². The zero-order valence-electron chi connectivity index (χ0n) is 78.3. The lowest BCUT2D eigenvalue weighted by Gasteiger charge is -2.49. The molecule has 4 aliphatic carbocycles. The third kappa shape index (κ3) is 17.0. The molecule has 4 spiro atoms. The number of rotatable bonds is 20. The highest BCUT2D eigenvalue weighted by Crippen LogP contribution is 2.56. The van der Waals surface area contributed by atoms with Crippen LogP contribution in [0.4, 0.5) is 23.3 Å². The second-order valence-corrected chi connectivity index (χ2v) is 46.0. The van der Waals surface area contributed by atoms with E-state index in [-0.39, 0.29) is 69.0 Å². The van der Waals surface area contributed by atoms with Crippen molar-refractivity contribution in [2.45, 2.75) is 217 Å². The number of aryl methyl sites for hydroxylation is 4. The Morgan fingerprint density at radius 1 is 0.387 bits per heavy atom. The van der Waals surface area contributed by atoms with Gasteiger partial charge in [0.1, 0.15) is 109 Å². The fraction of sp³-hybridized carbons (Fsp3) is 0.537. The minimum absolute atomic E-state index is 0.00824. The minimum Gasteiger partial charge on any atom is -0.394 e. The Balaban J connectivity index is 0.000000106. The Hall–Kier alpha value is -8.86. The molecule has 0 amide bonds. The summed E-state index contributed by atoms with van der Waals surface area (Å²) >= 11 is 25.4. The van der Waals surface area contributed by atoms with Crippen molar-refractivity contribution >= 4 is 129 Å². The second-order valence-electron chi connectivity index (χ2n) is 40.6. The Labute approximate surface area is 833 Å². The highest BCUT2D eigenvalue weighted by molar-refractivity contribution is 7.57. The zero-order valence-corrected chi connectivity index (χ0v) is 83.1. The van der Waals surface area contributed by atoms with Crippen LogP contribution in [-0.4, -0.2) is 309 Å². The molecule has 142 heavy (non-hydrogen) atoms. The molecule has 1 unspecified atom stereocenters. The first-order valence-electron chi connectivity index (χ1n) is 47.8. The molecule has 18 heterocycles. The summed E-state index contributed by atoms with van der Waals surface area (Å²) in [5.74, 6) is 1.31. The Bertz CT molecular complexity index is 6960. The van der Waals surface area contributed by atoms with Gasteiger partial charge in [-0.05, 0) is 177 Å². The number of aromatic nitrogens is 16. The Morgan fingerprint density at radius 2 is 0.676 bits per heavy atom. The van der Waals surface area contributed by atoms with Gasteiger partial charge in [0.2, 0.25) is 28.5 Å². The zero-order chi connectivity index (χ0) is 98.4. The molecule has 4 aromatic carbocycles. The van der Waals surface area contributed by atoms with E-state index in [0.29, 0.717) is 51.6 Å². The highest BCUT2D eigenvalue weighted by atomic mass is 35.5. The second kappa shape index (κ2) is 36.6. The summed E-state index contributed by atoms with van der Waals surface area (Å²) in [4.78, 5) is 62.6. The first-order chi connectivity index (χ1) is 68.1. The predicted octanol–water partition coefficient (Wildman–Crippen LogP) is 8.86. The van der Waals surface area contributed by atoms with Crippen LogP contribution in [0.2, 0.25) is 21.1 Å². The van der Waals surface area contributed by atoms with E-state index in [1.165, 1.54) is 53.9 Å². The molecule has 8 aromatic heterocycles. The fourth-order valence-corrected chi connectivity index (χ4v) is 26.1. The molecule has 10 saturated heterocycles. The summed E-state index contributed by atoms with van der Waals surface area (Å²) in [7, 11) is -7.22. The number of benzene rings is 4. The SMILES string of the molecule is CC1(C)O[C@@H]2[C@H](O1)[C@@H](CO)O[C@H]2n1ncc2c(N3CC4(CCc5ccccc54)C3)nc(Cl)nc21.CCOP(C)(=O)COC[C@H]1O[C@@H](n2ncc3c(N4CC5(CCc6ccccc65)C4)nc(Cl)nc32)[C@@H]2OC(C)(C)O[C@@H]21.O=P(O)(O)COC[C@H]1O[C@@H](n2ncc3c(N4CC5(CCc6ccccc65)C4)nc(Cl)nc32)[C@H](O)[C@@H]1O.OC[C@H]1O[C@@H](n2ncc3c(N4CC5(CCc6ccccc65)C4)nc(Cl)nc32)[C@H](O)[C@@H]1O. The molecule has 8 N–H and O–H groups in total. The van der Waals surface area contributed by atoms with E-state index in [9.17, 15) is 39.8 Å². The van der Waals surface area contributed by atoms with Crippen molar-refractivity contribution in [2.75, 3.05) is 124 Å². The van der Waals surface area contributed by atoms with E-state index < -0.39 is 138 Å². The van der Waals surface area contributed by atoms with Gasteiger partial charge in [-0.25, -0.2) is 18.7 Å². The minimum atomic E-state index is -4.38. The lowest BCUT2D eigenvalue weighted by atomic mass is 9.75. The normalized spacial score (nSPS) is 28.9. The van der Waals surface area contributed by atoms with Crippen LogP contribution in [0, 0.1) is 0 Å². The number of nitrogens with zero attached hydrogens (tertiary/aromatic N) is 20. The molecular formula is C95H108Cl4N20O21P2. The molecule has 10 fully saturated rings. The first-order valence-corrected chi connectivity index (χ1v) is 53.3. The molecule has 41 nitrogen and oxygen atoms in total.